The molecule has 0 bridgehead atoms. The lowest BCUT2D eigenvalue weighted by Crippen LogP contribution is -2.52. The molecule has 1 aromatic carbocycles. The Bertz CT molecular complexity index is 509. The van der Waals surface area contributed by atoms with Gasteiger partial charge in [-0.2, -0.15) is 0 Å². The van der Waals surface area contributed by atoms with Crippen molar-refractivity contribution in [2.24, 2.45) is 5.92 Å². The zero-order chi connectivity index (χ0) is 16.1. The van der Waals surface area contributed by atoms with Gasteiger partial charge < -0.3 is 19.9 Å². The second kappa shape index (κ2) is 7.38. The Morgan fingerprint density at radius 1 is 1.27 bits per heavy atom. The van der Waals surface area contributed by atoms with Crippen LogP contribution in [-0.4, -0.2) is 50.8 Å². The molecule has 1 N–H and O–H groups in total. The molecule has 1 saturated heterocycles. The normalized spacial score (nSPS) is 15.1. The molecular weight excluding hydrogens is 278 g/mol. The molecule has 0 spiro atoms. The maximum Gasteiger partial charge on any atom is 0.317 e. The lowest BCUT2D eigenvalue weighted by molar-refractivity contribution is 0.193. The highest BCUT2D eigenvalue weighted by Crippen LogP contribution is 2.29. The molecule has 0 aromatic heterocycles. The molecule has 5 heteroatoms. The number of hydrogen-bond donors (Lipinski definition) is 1. The number of aryl methyl sites for hydroxylation is 1. The molecule has 2 amide bonds. The van der Waals surface area contributed by atoms with Crippen LogP contribution in [0.3, 0.4) is 0 Å². The Hall–Kier alpha value is -1.91. The van der Waals surface area contributed by atoms with Gasteiger partial charge in [0.1, 0.15) is 5.75 Å². The third kappa shape index (κ3) is 4.06. The van der Waals surface area contributed by atoms with Crippen LogP contribution in [0.2, 0.25) is 0 Å². The standard InChI is InChI=1S/C17H27N3O2/c1-13(2)12-18-17(21)20-9-7-19(8-10-20)15-11-14(3)5-6-16(15)22-4/h5-6,11,13H,7-10,12H2,1-4H3,(H,18,21). The minimum absolute atomic E-state index is 0.0459. The van der Waals surface area contributed by atoms with Crippen molar-refractivity contribution in [2.45, 2.75) is 20.8 Å². The van der Waals surface area contributed by atoms with Gasteiger partial charge in [-0.15, -0.1) is 0 Å². The molecule has 0 atom stereocenters. The van der Waals surface area contributed by atoms with Crippen molar-refractivity contribution in [3.63, 3.8) is 0 Å². The molecule has 0 unspecified atom stereocenters. The number of amides is 2. The van der Waals surface area contributed by atoms with Gasteiger partial charge in [-0.25, -0.2) is 4.79 Å². The Labute approximate surface area is 133 Å². The fourth-order valence-corrected chi connectivity index (χ4v) is 2.60. The molecule has 0 saturated carbocycles. The molecule has 1 heterocycles. The van der Waals surface area contributed by atoms with Crippen molar-refractivity contribution in [3.05, 3.63) is 23.8 Å². The molecule has 5 nitrogen and oxygen atoms in total. The van der Waals surface area contributed by atoms with Crippen LogP contribution in [0.5, 0.6) is 5.75 Å². The summed E-state index contributed by atoms with van der Waals surface area (Å²) in [6.07, 6.45) is 0. The van der Waals surface area contributed by atoms with E-state index in [0.29, 0.717) is 5.92 Å². The summed E-state index contributed by atoms with van der Waals surface area (Å²) in [4.78, 5) is 16.3. The number of hydrogen-bond acceptors (Lipinski definition) is 3. The van der Waals surface area contributed by atoms with Crippen LogP contribution in [-0.2, 0) is 0 Å². The van der Waals surface area contributed by atoms with E-state index < -0.39 is 0 Å². The summed E-state index contributed by atoms with van der Waals surface area (Å²) in [7, 11) is 1.70. The Kier molecular flexibility index (Phi) is 5.52. The molecular formula is C17H27N3O2. The smallest absolute Gasteiger partial charge is 0.317 e. The van der Waals surface area contributed by atoms with Gasteiger partial charge in [-0.3, -0.25) is 0 Å². The highest BCUT2D eigenvalue weighted by atomic mass is 16.5. The highest BCUT2D eigenvalue weighted by Gasteiger charge is 2.22. The predicted octanol–water partition coefficient (Wildman–Crippen LogP) is 2.49. The van der Waals surface area contributed by atoms with E-state index in [2.05, 4.69) is 43.1 Å². The third-order valence-electron chi connectivity index (χ3n) is 3.90. The summed E-state index contributed by atoms with van der Waals surface area (Å²) in [5, 5.41) is 2.98. The zero-order valence-corrected chi connectivity index (χ0v) is 14.1. The number of carbonyl (C=O) groups is 1. The predicted molar refractivity (Wildman–Crippen MR) is 89.8 cm³/mol. The number of methoxy groups -OCH3 is 1. The minimum atomic E-state index is 0.0459. The average molecular weight is 305 g/mol. The molecule has 0 aliphatic carbocycles. The summed E-state index contributed by atoms with van der Waals surface area (Å²) in [5.41, 5.74) is 2.33. The summed E-state index contributed by atoms with van der Waals surface area (Å²) >= 11 is 0. The molecule has 22 heavy (non-hydrogen) atoms. The van der Waals surface area contributed by atoms with Crippen molar-refractivity contribution in [2.75, 3.05) is 44.7 Å². The summed E-state index contributed by atoms with van der Waals surface area (Å²) in [6, 6.07) is 6.25. The van der Waals surface area contributed by atoms with Gasteiger partial charge in [0.15, 0.2) is 0 Å². The van der Waals surface area contributed by atoms with Crippen molar-refractivity contribution in [1.82, 2.24) is 10.2 Å². The number of anilines is 1. The van der Waals surface area contributed by atoms with E-state index in [1.54, 1.807) is 7.11 Å². The second-order valence-electron chi connectivity index (χ2n) is 6.23. The minimum Gasteiger partial charge on any atom is -0.495 e. The SMILES string of the molecule is COc1ccc(C)cc1N1CCN(C(=O)NCC(C)C)CC1. The first-order chi connectivity index (χ1) is 10.5. The number of rotatable bonds is 4. The summed E-state index contributed by atoms with van der Waals surface area (Å²) < 4.78 is 5.46. The van der Waals surface area contributed by atoms with Gasteiger partial charge in [0, 0.05) is 32.7 Å². The van der Waals surface area contributed by atoms with Crippen molar-refractivity contribution in [3.8, 4) is 5.75 Å². The van der Waals surface area contributed by atoms with E-state index >= 15 is 0 Å². The van der Waals surface area contributed by atoms with Crippen LogP contribution in [0.4, 0.5) is 10.5 Å². The number of nitrogens with zero attached hydrogens (tertiary/aromatic N) is 2. The molecule has 122 valence electrons. The van der Waals surface area contributed by atoms with Gasteiger partial charge in [-0.1, -0.05) is 19.9 Å². The van der Waals surface area contributed by atoms with E-state index in [1.165, 1.54) is 5.56 Å². The first-order valence-corrected chi connectivity index (χ1v) is 7.93. The number of urea groups is 1. The van der Waals surface area contributed by atoms with Gasteiger partial charge >= 0.3 is 6.03 Å². The third-order valence-corrected chi connectivity index (χ3v) is 3.90. The number of ether oxygens (including phenoxy) is 1. The molecule has 1 aliphatic rings. The molecule has 1 aliphatic heterocycles. The number of carbonyl (C=O) groups excluding carboxylic acids is 1. The first kappa shape index (κ1) is 16.5. The van der Waals surface area contributed by atoms with Gasteiger partial charge in [0.25, 0.3) is 0 Å². The monoisotopic (exact) mass is 305 g/mol. The summed E-state index contributed by atoms with van der Waals surface area (Å²) in [5.74, 6) is 1.37. The lowest BCUT2D eigenvalue weighted by atomic mass is 10.1. The van der Waals surface area contributed by atoms with Crippen molar-refractivity contribution < 1.29 is 9.53 Å². The van der Waals surface area contributed by atoms with E-state index in [-0.39, 0.29) is 6.03 Å². The van der Waals surface area contributed by atoms with Gasteiger partial charge in [0.2, 0.25) is 0 Å². The summed E-state index contributed by atoms with van der Waals surface area (Å²) in [6.45, 7) is 10.1. The van der Waals surface area contributed by atoms with Crippen LogP contribution < -0.4 is 15.0 Å². The Morgan fingerprint density at radius 2 is 1.95 bits per heavy atom. The van der Waals surface area contributed by atoms with Crippen LogP contribution in [0.1, 0.15) is 19.4 Å². The number of nitrogens with one attached hydrogen (secondary N) is 1. The number of piperazine rings is 1. The molecule has 1 fully saturated rings. The highest BCUT2D eigenvalue weighted by molar-refractivity contribution is 5.74. The van der Waals surface area contributed by atoms with E-state index in [4.69, 9.17) is 4.74 Å². The molecule has 1 aromatic rings. The van der Waals surface area contributed by atoms with Crippen LogP contribution >= 0.6 is 0 Å². The molecule has 0 radical (unpaired) electrons. The van der Waals surface area contributed by atoms with E-state index in [9.17, 15) is 4.79 Å². The largest absolute Gasteiger partial charge is 0.495 e. The van der Waals surface area contributed by atoms with Crippen molar-refractivity contribution in [1.29, 1.82) is 0 Å². The first-order valence-electron chi connectivity index (χ1n) is 7.93. The van der Waals surface area contributed by atoms with Crippen LogP contribution in [0, 0.1) is 12.8 Å². The van der Waals surface area contributed by atoms with Gasteiger partial charge in [-0.05, 0) is 30.5 Å². The average Bonchev–Trinajstić information content (AvgIpc) is 2.52. The van der Waals surface area contributed by atoms with Crippen LogP contribution in [0.25, 0.3) is 0 Å². The Morgan fingerprint density at radius 3 is 2.55 bits per heavy atom. The zero-order valence-electron chi connectivity index (χ0n) is 14.1. The Balaban J connectivity index is 1.95. The lowest BCUT2D eigenvalue weighted by Gasteiger charge is -2.36. The van der Waals surface area contributed by atoms with Gasteiger partial charge in [0.05, 0.1) is 12.8 Å². The van der Waals surface area contributed by atoms with Crippen LogP contribution in [0.15, 0.2) is 18.2 Å². The van der Waals surface area contributed by atoms with Crippen molar-refractivity contribution >= 4 is 11.7 Å². The quantitative estimate of drug-likeness (QED) is 0.929. The molecule has 2 rings (SSSR count). The maximum absolute atomic E-state index is 12.1. The number of benzene rings is 1. The maximum atomic E-state index is 12.1. The fourth-order valence-electron chi connectivity index (χ4n) is 2.60. The fraction of sp³-hybridized carbons (Fsp3) is 0.588. The van der Waals surface area contributed by atoms with E-state index in [1.807, 2.05) is 11.0 Å². The topological polar surface area (TPSA) is 44.8 Å². The second-order valence-corrected chi connectivity index (χ2v) is 6.23. The van der Waals surface area contributed by atoms with E-state index in [0.717, 1.165) is 44.2 Å².